The predicted molar refractivity (Wildman–Crippen MR) is 70.9 cm³/mol. The fraction of sp³-hybridized carbons (Fsp3) is 0.357. The zero-order valence-corrected chi connectivity index (χ0v) is 10.3. The molecule has 1 aliphatic heterocycles. The first-order valence-electron chi connectivity index (χ1n) is 6.40. The van der Waals surface area contributed by atoms with E-state index in [-0.39, 0.29) is 5.56 Å². The maximum atomic E-state index is 12.3. The highest BCUT2D eigenvalue weighted by atomic mass is 16.1. The number of fused-ring (bicyclic) bond motifs is 1. The van der Waals surface area contributed by atoms with Crippen LogP contribution in [0.4, 0.5) is 0 Å². The highest BCUT2D eigenvalue weighted by Gasteiger charge is 2.15. The van der Waals surface area contributed by atoms with Crippen LogP contribution in [0.2, 0.25) is 0 Å². The normalized spacial score (nSPS) is 15.1. The third-order valence-corrected chi connectivity index (χ3v) is 3.42. The van der Waals surface area contributed by atoms with Gasteiger partial charge in [0.25, 0.3) is 5.56 Å². The van der Waals surface area contributed by atoms with Gasteiger partial charge < -0.3 is 5.32 Å². The lowest BCUT2D eigenvalue weighted by Crippen LogP contribution is -2.23. The Morgan fingerprint density at radius 3 is 2.72 bits per heavy atom. The number of nitrogens with one attached hydrogen (secondary N) is 2. The standard InChI is InChI=1S/C14H17N3O/c18-14-12-6-8-15-9-7-13(12)16-17(14)10-11-4-2-1-3-5-11/h1-5,15-16H,6-10H2. The molecular weight excluding hydrogens is 226 g/mol. The van der Waals surface area contributed by atoms with Crippen LogP contribution in [0.15, 0.2) is 35.1 Å². The number of benzene rings is 1. The molecule has 2 aromatic rings. The van der Waals surface area contributed by atoms with Crippen LogP contribution in [0.5, 0.6) is 0 Å². The third kappa shape index (κ3) is 2.11. The van der Waals surface area contributed by atoms with E-state index >= 15 is 0 Å². The summed E-state index contributed by atoms with van der Waals surface area (Å²) in [7, 11) is 0. The number of hydrogen-bond acceptors (Lipinski definition) is 2. The highest BCUT2D eigenvalue weighted by molar-refractivity contribution is 5.21. The minimum absolute atomic E-state index is 0.137. The topological polar surface area (TPSA) is 49.8 Å². The molecule has 4 nitrogen and oxygen atoms in total. The van der Waals surface area contributed by atoms with Gasteiger partial charge in [-0.2, -0.15) is 0 Å². The summed E-state index contributed by atoms with van der Waals surface area (Å²) in [6.07, 6.45) is 1.73. The van der Waals surface area contributed by atoms with Crippen molar-refractivity contribution in [1.82, 2.24) is 15.1 Å². The second kappa shape index (κ2) is 4.82. The van der Waals surface area contributed by atoms with Crippen LogP contribution in [-0.4, -0.2) is 22.9 Å². The Morgan fingerprint density at radius 2 is 1.89 bits per heavy atom. The van der Waals surface area contributed by atoms with Gasteiger partial charge in [0, 0.05) is 24.2 Å². The summed E-state index contributed by atoms with van der Waals surface area (Å²) in [5.74, 6) is 0. The summed E-state index contributed by atoms with van der Waals surface area (Å²) in [5.41, 5.74) is 3.34. The number of nitrogens with zero attached hydrogens (tertiary/aromatic N) is 1. The molecule has 0 atom stereocenters. The smallest absolute Gasteiger partial charge is 0.270 e. The average Bonchev–Trinajstić information content (AvgIpc) is 2.58. The van der Waals surface area contributed by atoms with Crippen LogP contribution < -0.4 is 10.9 Å². The van der Waals surface area contributed by atoms with Crippen molar-refractivity contribution in [3.05, 3.63) is 57.5 Å². The summed E-state index contributed by atoms with van der Waals surface area (Å²) >= 11 is 0. The van der Waals surface area contributed by atoms with E-state index in [9.17, 15) is 4.79 Å². The Balaban J connectivity index is 1.92. The zero-order chi connectivity index (χ0) is 12.4. The summed E-state index contributed by atoms with van der Waals surface area (Å²) in [6, 6.07) is 10.1. The van der Waals surface area contributed by atoms with Gasteiger partial charge in [-0.25, -0.2) is 4.68 Å². The van der Waals surface area contributed by atoms with E-state index in [4.69, 9.17) is 0 Å². The second-order valence-corrected chi connectivity index (χ2v) is 4.70. The average molecular weight is 243 g/mol. The molecule has 18 heavy (non-hydrogen) atoms. The van der Waals surface area contributed by atoms with Gasteiger partial charge in [0.15, 0.2) is 0 Å². The minimum Gasteiger partial charge on any atom is -0.316 e. The maximum absolute atomic E-state index is 12.3. The summed E-state index contributed by atoms with van der Waals surface area (Å²) in [4.78, 5) is 12.3. The summed E-state index contributed by atoms with van der Waals surface area (Å²) in [5, 5.41) is 6.56. The van der Waals surface area contributed by atoms with Crippen LogP contribution in [0, 0.1) is 0 Å². The molecular formula is C14H17N3O. The van der Waals surface area contributed by atoms with Crippen LogP contribution >= 0.6 is 0 Å². The SMILES string of the molecule is O=c1c2c([nH]n1Cc1ccccc1)CCNCC2. The summed E-state index contributed by atoms with van der Waals surface area (Å²) in [6.45, 7) is 2.46. The molecule has 0 bridgehead atoms. The monoisotopic (exact) mass is 243 g/mol. The van der Waals surface area contributed by atoms with Crippen molar-refractivity contribution in [2.24, 2.45) is 0 Å². The van der Waals surface area contributed by atoms with Crippen LogP contribution in [0.3, 0.4) is 0 Å². The summed E-state index contributed by atoms with van der Waals surface area (Å²) < 4.78 is 1.73. The quantitative estimate of drug-likeness (QED) is 0.824. The molecule has 0 spiro atoms. The van der Waals surface area contributed by atoms with Crippen molar-refractivity contribution in [2.75, 3.05) is 13.1 Å². The van der Waals surface area contributed by atoms with Crippen molar-refractivity contribution < 1.29 is 0 Å². The largest absolute Gasteiger partial charge is 0.316 e. The molecule has 0 fully saturated rings. The molecule has 2 N–H and O–H groups in total. The van der Waals surface area contributed by atoms with Gasteiger partial charge in [0.1, 0.15) is 0 Å². The lowest BCUT2D eigenvalue weighted by Gasteiger charge is -2.02. The van der Waals surface area contributed by atoms with E-state index in [2.05, 4.69) is 10.4 Å². The fourth-order valence-electron chi connectivity index (χ4n) is 2.47. The first-order chi connectivity index (χ1) is 8.84. The molecule has 1 aromatic carbocycles. The predicted octanol–water partition coefficient (Wildman–Crippen LogP) is 0.913. The molecule has 0 amide bonds. The van der Waals surface area contributed by atoms with Crippen molar-refractivity contribution >= 4 is 0 Å². The fourth-order valence-corrected chi connectivity index (χ4v) is 2.47. The molecule has 1 aromatic heterocycles. The highest BCUT2D eigenvalue weighted by Crippen LogP contribution is 2.07. The van der Waals surface area contributed by atoms with Crippen molar-refractivity contribution in [2.45, 2.75) is 19.4 Å². The Labute approximate surface area is 106 Å². The van der Waals surface area contributed by atoms with Gasteiger partial charge in [-0.15, -0.1) is 0 Å². The molecule has 0 saturated carbocycles. The lowest BCUT2D eigenvalue weighted by molar-refractivity contribution is 0.632. The number of H-pyrrole nitrogens is 1. The van der Waals surface area contributed by atoms with Crippen molar-refractivity contribution in [3.8, 4) is 0 Å². The molecule has 94 valence electrons. The maximum Gasteiger partial charge on any atom is 0.270 e. The molecule has 0 saturated heterocycles. The Morgan fingerprint density at radius 1 is 1.11 bits per heavy atom. The van der Waals surface area contributed by atoms with Gasteiger partial charge in [-0.1, -0.05) is 30.3 Å². The van der Waals surface area contributed by atoms with Crippen molar-refractivity contribution in [3.63, 3.8) is 0 Å². The van der Waals surface area contributed by atoms with Crippen LogP contribution in [-0.2, 0) is 19.4 Å². The Kier molecular flexibility index (Phi) is 3.02. The van der Waals surface area contributed by atoms with Crippen LogP contribution in [0.1, 0.15) is 16.8 Å². The minimum atomic E-state index is 0.137. The number of aromatic amines is 1. The molecule has 4 heteroatoms. The second-order valence-electron chi connectivity index (χ2n) is 4.70. The van der Waals surface area contributed by atoms with E-state index in [0.717, 1.165) is 42.8 Å². The molecule has 0 unspecified atom stereocenters. The first kappa shape index (κ1) is 11.3. The number of rotatable bonds is 2. The van der Waals surface area contributed by atoms with Gasteiger partial charge in [0.05, 0.1) is 6.54 Å². The van der Waals surface area contributed by atoms with Gasteiger partial charge in [-0.05, 0) is 18.5 Å². The van der Waals surface area contributed by atoms with Gasteiger partial charge in [0.2, 0.25) is 0 Å². The van der Waals surface area contributed by atoms with Gasteiger partial charge in [-0.3, -0.25) is 9.89 Å². The number of hydrogen-bond donors (Lipinski definition) is 2. The zero-order valence-electron chi connectivity index (χ0n) is 10.3. The molecule has 2 heterocycles. The van der Waals surface area contributed by atoms with E-state index in [1.54, 1.807) is 4.68 Å². The molecule has 1 aliphatic rings. The Hall–Kier alpha value is -1.81. The van der Waals surface area contributed by atoms with E-state index in [1.807, 2.05) is 30.3 Å². The van der Waals surface area contributed by atoms with Crippen LogP contribution in [0.25, 0.3) is 0 Å². The molecule has 3 rings (SSSR count). The van der Waals surface area contributed by atoms with Crippen molar-refractivity contribution in [1.29, 1.82) is 0 Å². The van der Waals surface area contributed by atoms with E-state index in [1.165, 1.54) is 0 Å². The molecule has 0 aliphatic carbocycles. The van der Waals surface area contributed by atoms with E-state index < -0.39 is 0 Å². The lowest BCUT2D eigenvalue weighted by atomic mass is 10.1. The number of aromatic nitrogens is 2. The van der Waals surface area contributed by atoms with Gasteiger partial charge >= 0.3 is 0 Å². The Bertz CT molecular complexity index is 583. The van der Waals surface area contributed by atoms with E-state index in [0.29, 0.717) is 6.54 Å². The first-order valence-corrected chi connectivity index (χ1v) is 6.40. The molecule has 0 radical (unpaired) electrons. The third-order valence-electron chi connectivity index (χ3n) is 3.42.